The van der Waals surface area contributed by atoms with Gasteiger partial charge in [-0.2, -0.15) is 0 Å². The van der Waals surface area contributed by atoms with Gasteiger partial charge in [0, 0.05) is 18.4 Å². The minimum Gasteiger partial charge on any atom is -0.507 e. The van der Waals surface area contributed by atoms with Gasteiger partial charge in [0.2, 0.25) is 0 Å². The molecule has 0 radical (unpaired) electrons. The van der Waals surface area contributed by atoms with Gasteiger partial charge in [0.1, 0.15) is 17.1 Å². The van der Waals surface area contributed by atoms with E-state index in [-0.39, 0.29) is 29.1 Å². The third-order valence-electron chi connectivity index (χ3n) is 3.18. The molecule has 20 heavy (non-hydrogen) atoms. The molecular weight excluding hydrogens is 326 g/mol. The molecule has 6 heteroatoms. The number of hydrogen-bond acceptors (Lipinski definition) is 4. The molecule has 1 heterocycles. The molecule has 1 amide bonds. The predicted octanol–water partition coefficient (Wildman–Crippen LogP) is 2.11. The van der Waals surface area contributed by atoms with Crippen LogP contribution in [0, 0.1) is 0 Å². The van der Waals surface area contributed by atoms with Crippen LogP contribution >= 0.6 is 15.9 Å². The van der Waals surface area contributed by atoms with Crippen molar-refractivity contribution in [3.63, 3.8) is 0 Å². The summed E-state index contributed by atoms with van der Waals surface area (Å²) in [6, 6.07) is 4.27. The summed E-state index contributed by atoms with van der Waals surface area (Å²) < 4.78 is 5.83. The molecule has 0 saturated carbocycles. The van der Waals surface area contributed by atoms with Crippen LogP contribution in [-0.2, 0) is 4.74 Å². The second-order valence-corrected chi connectivity index (χ2v) is 6.16. The van der Waals surface area contributed by atoms with Gasteiger partial charge in [-0.3, -0.25) is 4.79 Å². The Balaban J connectivity index is 2.28. The van der Waals surface area contributed by atoms with Crippen LogP contribution in [0.5, 0.6) is 11.5 Å². The largest absolute Gasteiger partial charge is 0.507 e. The van der Waals surface area contributed by atoms with Gasteiger partial charge in [0.15, 0.2) is 0 Å². The normalized spacial score (nSPS) is 21.8. The van der Waals surface area contributed by atoms with E-state index in [1.54, 1.807) is 4.90 Å². The van der Waals surface area contributed by atoms with Crippen molar-refractivity contribution < 1.29 is 19.7 Å². The monoisotopic (exact) mass is 343 g/mol. The zero-order chi connectivity index (χ0) is 14.9. The molecule has 0 aromatic heterocycles. The number of amides is 1. The highest BCUT2D eigenvalue weighted by molar-refractivity contribution is 9.09. The number of hydrogen-bond donors (Lipinski definition) is 2. The number of phenolic OH excluding ortho intramolecular Hbond substituents is 2. The molecule has 1 saturated heterocycles. The minimum atomic E-state index is -0.466. The number of phenols is 2. The quantitative estimate of drug-likeness (QED) is 0.807. The molecule has 1 aliphatic heterocycles. The van der Waals surface area contributed by atoms with E-state index in [4.69, 9.17) is 4.74 Å². The molecule has 1 atom stereocenters. The Bertz CT molecular complexity index is 498. The molecule has 110 valence electrons. The Morgan fingerprint density at radius 3 is 2.60 bits per heavy atom. The Hall–Kier alpha value is -1.27. The summed E-state index contributed by atoms with van der Waals surface area (Å²) in [5.41, 5.74) is -0.523. The summed E-state index contributed by atoms with van der Waals surface area (Å²) >= 11 is 3.36. The molecule has 1 fully saturated rings. The van der Waals surface area contributed by atoms with Crippen LogP contribution < -0.4 is 0 Å². The van der Waals surface area contributed by atoms with Crippen LogP contribution in [0.1, 0.15) is 24.2 Å². The van der Waals surface area contributed by atoms with Crippen molar-refractivity contribution in [1.29, 1.82) is 0 Å². The second kappa shape index (κ2) is 5.61. The molecule has 1 aromatic carbocycles. The molecule has 2 N–H and O–H groups in total. The predicted molar refractivity (Wildman–Crippen MR) is 78.4 cm³/mol. The fourth-order valence-electron chi connectivity index (χ4n) is 2.44. The first-order chi connectivity index (χ1) is 9.34. The van der Waals surface area contributed by atoms with Crippen LogP contribution in [-0.4, -0.2) is 51.1 Å². The molecule has 1 unspecified atom stereocenters. The van der Waals surface area contributed by atoms with E-state index in [1.807, 2.05) is 13.8 Å². The van der Waals surface area contributed by atoms with Crippen LogP contribution in [0.3, 0.4) is 0 Å². The van der Waals surface area contributed by atoms with E-state index < -0.39 is 5.60 Å². The van der Waals surface area contributed by atoms with Crippen molar-refractivity contribution in [3.05, 3.63) is 23.8 Å². The minimum absolute atomic E-state index is 0.0569. The SMILES string of the molecule is CC1(C)CN(C(=O)c2c(O)cccc2O)CC(CBr)O1. The van der Waals surface area contributed by atoms with Crippen molar-refractivity contribution in [2.24, 2.45) is 0 Å². The van der Waals surface area contributed by atoms with Gasteiger partial charge in [-0.05, 0) is 26.0 Å². The van der Waals surface area contributed by atoms with Crippen molar-refractivity contribution in [2.75, 3.05) is 18.4 Å². The zero-order valence-electron chi connectivity index (χ0n) is 11.5. The van der Waals surface area contributed by atoms with E-state index in [2.05, 4.69) is 15.9 Å². The van der Waals surface area contributed by atoms with Gasteiger partial charge in [-0.25, -0.2) is 0 Å². The second-order valence-electron chi connectivity index (χ2n) is 5.51. The number of halogens is 1. The first-order valence-corrected chi connectivity index (χ1v) is 7.50. The van der Waals surface area contributed by atoms with Crippen molar-refractivity contribution >= 4 is 21.8 Å². The molecule has 0 aliphatic carbocycles. The van der Waals surface area contributed by atoms with Crippen LogP contribution in [0.15, 0.2) is 18.2 Å². The summed E-state index contributed by atoms with van der Waals surface area (Å²) in [4.78, 5) is 14.1. The zero-order valence-corrected chi connectivity index (χ0v) is 13.1. The van der Waals surface area contributed by atoms with Gasteiger partial charge in [0.05, 0.1) is 11.7 Å². The number of ether oxygens (including phenoxy) is 1. The average Bonchev–Trinajstić information content (AvgIpc) is 2.36. The summed E-state index contributed by atoms with van der Waals surface area (Å²) in [5, 5.41) is 20.2. The van der Waals surface area contributed by atoms with Crippen LogP contribution in [0.4, 0.5) is 0 Å². The van der Waals surface area contributed by atoms with Crippen molar-refractivity contribution in [3.8, 4) is 11.5 Å². The maximum absolute atomic E-state index is 12.5. The van der Waals surface area contributed by atoms with Gasteiger partial charge >= 0.3 is 0 Å². The Morgan fingerprint density at radius 2 is 2.05 bits per heavy atom. The topological polar surface area (TPSA) is 70.0 Å². The fraction of sp³-hybridized carbons (Fsp3) is 0.500. The lowest BCUT2D eigenvalue weighted by atomic mass is 10.0. The van der Waals surface area contributed by atoms with E-state index >= 15 is 0 Å². The van der Waals surface area contributed by atoms with E-state index in [9.17, 15) is 15.0 Å². The van der Waals surface area contributed by atoms with Crippen LogP contribution in [0.2, 0.25) is 0 Å². The number of benzene rings is 1. The number of carbonyl (C=O) groups is 1. The average molecular weight is 344 g/mol. The molecule has 0 spiro atoms. The first-order valence-electron chi connectivity index (χ1n) is 6.38. The highest BCUT2D eigenvalue weighted by atomic mass is 79.9. The van der Waals surface area contributed by atoms with Gasteiger partial charge in [-0.1, -0.05) is 22.0 Å². The number of aromatic hydroxyl groups is 2. The van der Waals surface area contributed by atoms with E-state index in [0.717, 1.165) is 0 Å². The lowest BCUT2D eigenvalue weighted by molar-refractivity contribution is -0.116. The van der Waals surface area contributed by atoms with Gasteiger partial charge in [0.25, 0.3) is 5.91 Å². The third-order valence-corrected chi connectivity index (χ3v) is 3.90. The molecule has 1 aliphatic rings. The summed E-state index contributed by atoms with van der Waals surface area (Å²) in [5.74, 6) is -0.813. The summed E-state index contributed by atoms with van der Waals surface area (Å²) in [6.45, 7) is 4.64. The molecular formula is C14H18BrNO4. The van der Waals surface area contributed by atoms with Crippen LogP contribution in [0.25, 0.3) is 0 Å². The fourth-order valence-corrected chi connectivity index (χ4v) is 2.77. The molecule has 1 aromatic rings. The number of morpholine rings is 1. The Morgan fingerprint density at radius 1 is 1.45 bits per heavy atom. The van der Waals surface area contributed by atoms with E-state index in [1.165, 1.54) is 18.2 Å². The first kappa shape index (κ1) is 15.1. The van der Waals surface area contributed by atoms with Crippen molar-refractivity contribution in [1.82, 2.24) is 4.90 Å². The smallest absolute Gasteiger partial charge is 0.261 e. The maximum atomic E-state index is 12.5. The Kier molecular flexibility index (Phi) is 4.25. The molecule has 0 bridgehead atoms. The van der Waals surface area contributed by atoms with Gasteiger partial charge < -0.3 is 19.8 Å². The van der Waals surface area contributed by atoms with E-state index in [0.29, 0.717) is 18.4 Å². The number of carbonyl (C=O) groups excluding carboxylic acids is 1. The lowest BCUT2D eigenvalue weighted by Gasteiger charge is -2.42. The van der Waals surface area contributed by atoms with Crippen molar-refractivity contribution in [2.45, 2.75) is 25.6 Å². The summed E-state index contributed by atoms with van der Waals surface area (Å²) in [7, 11) is 0. The highest BCUT2D eigenvalue weighted by Crippen LogP contribution is 2.30. The maximum Gasteiger partial charge on any atom is 0.261 e. The number of rotatable bonds is 2. The number of alkyl halides is 1. The molecule has 5 nitrogen and oxygen atoms in total. The third kappa shape index (κ3) is 3.07. The lowest BCUT2D eigenvalue weighted by Crippen LogP contribution is -2.55. The highest BCUT2D eigenvalue weighted by Gasteiger charge is 2.36. The number of nitrogens with zero attached hydrogens (tertiary/aromatic N) is 1. The summed E-state index contributed by atoms with van der Waals surface area (Å²) in [6.07, 6.45) is -0.115. The Labute approximate surface area is 126 Å². The van der Waals surface area contributed by atoms with Gasteiger partial charge in [-0.15, -0.1) is 0 Å². The molecule has 2 rings (SSSR count). The standard InChI is InChI=1S/C14H18BrNO4/c1-14(2)8-16(7-9(6-15)20-14)13(19)12-10(17)4-3-5-11(12)18/h3-5,9,17-18H,6-8H2,1-2H3.